The minimum Gasteiger partial charge on any atom is -0.504 e. The van der Waals surface area contributed by atoms with E-state index in [4.69, 9.17) is 4.74 Å². The van der Waals surface area contributed by atoms with E-state index in [1.54, 1.807) is 13.0 Å². The van der Waals surface area contributed by atoms with Gasteiger partial charge >= 0.3 is 5.97 Å². The Balaban J connectivity index is 2.13. The Labute approximate surface area is 157 Å². The van der Waals surface area contributed by atoms with Crippen molar-refractivity contribution in [2.45, 2.75) is 31.3 Å². The van der Waals surface area contributed by atoms with Crippen LogP contribution in [-0.2, 0) is 27.2 Å². The number of carbonyl (C=O) groups excluding carboxylic acids is 2. The van der Waals surface area contributed by atoms with E-state index in [-0.39, 0.29) is 23.8 Å². The first-order valence-electron chi connectivity index (χ1n) is 8.52. The second-order valence-electron chi connectivity index (χ2n) is 6.80. The fourth-order valence-corrected chi connectivity index (χ4v) is 2.73. The summed E-state index contributed by atoms with van der Waals surface area (Å²) in [4.78, 5) is 24.9. The number of methoxy groups -OCH3 is 1. The fourth-order valence-electron chi connectivity index (χ4n) is 2.73. The summed E-state index contributed by atoms with van der Waals surface area (Å²) >= 11 is 0. The summed E-state index contributed by atoms with van der Waals surface area (Å²) in [7, 11) is 1.24. The Morgan fingerprint density at radius 1 is 1.11 bits per heavy atom. The number of esters is 1. The summed E-state index contributed by atoms with van der Waals surface area (Å²) in [5, 5.41) is 21.7. The predicted molar refractivity (Wildman–Crippen MR) is 98.9 cm³/mol. The van der Waals surface area contributed by atoms with Gasteiger partial charge in [0.2, 0.25) is 0 Å². The van der Waals surface area contributed by atoms with E-state index in [1.807, 2.05) is 30.3 Å². The molecule has 2 aromatic carbocycles. The summed E-state index contributed by atoms with van der Waals surface area (Å²) in [6, 6.07) is 12.8. The third-order valence-electron chi connectivity index (χ3n) is 4.26. The van der Waals surface area contributed by atoms with E-state index >= 15 is 0 Å². The third kappa shape index (κ3) is 5.46. The van der Waals surface area contributed by atoms with Crippen molar-refractivity contribution in [3.63, 3.8) is 0 Å². The molecule has 1 amide bonds. The first-order valence-corrected chi connectivity index (χ1v) is 8.52. The van der Waals surface area contributed by atoms with Crippen molar-refractivity contribution in [1.82, 2.24) is 5.32 Å². The molecule has 0 aromatic heterocycles. The molecule has 0 aliphatic carbocycles. The number of ether oxygens (including phenoxy) is 1. The number of nitrogens with one attached hydrogen (secondary N) is 1. The molecule has 2 rings (SSSR count). The zero-order chi connectivity index (χ0) is 20.0. The second-order valence-corrected chi connectivity index (χ2v) is 6.80. The Kier molecular flexibility index (Phi) is 6.41. The molecule has 0 bridgehead atoms. The summed E-state index contributed by atoms with van der Waals surface area (Å²) in [5.74, 6) is -1.55. The molecular weight excluding hydrogens is 348 g/mol. The van der Waals surface area contributed by atoms with Crippen LogP contribution in [0, 0.1) is 0 Å². The number of amides is 1. The van der Waals surface area contributed by atoms with Crippen LogP contribution in [0.25, 0.3) is 0 Å². The molecule has 0 radical (unpaired) electrons. The van der Waals surface area contributed by atoms with Crippen LogP contribution in [0.4, 0.5) is 0 Å². The molecule has 7 nitrogen and oxygen atoms in total. The molecule has 2 aromatic rings. The molecule has 0 saturated heterocycles. The molecule has 2 atom stereocenters. The molecule has 0 aliphatic rings. The van der Waals surface area contributed by atoms with Gasteiger partial charge < -0.3 is 26.0 Å². The van der Waals surface area contributed by atoms with E-state index in [2.05, 4.69) is 11.1 Å². The van der Waals surface area contributed by atoms with E-state index in [0.29, 0.717) is 12.0 Å². The van der Waals surface area contributed by atoms with Gasteiger partial charge in [-0.05, 0) is 23.3 Å². The van der Waals surface area contributed by atoms with Crippen molar-refractivity contribution in [3.05, 3.63) is 59.7 Å². The number of hydrogen-bond acceptors (Lipinski definition) is 5. The Morgan fingerprint density at radius 3 is 2.37 bits per heavy atom. The fraction of sp³-hybridized carbons (Fsp3) is 0.300. The smallest absolute Gasteiger partial charge is 0.328 e. The van der Waals surface area contributed by atoms with Crippen LogP contribution in [0.15, 0.2) is 48.5 Å². The maximum Gasteiger partial charge on any atom is 0.328 e. The number of hydrogen-bond donors (Lipinski definition) is 4. The largest absolute Gasteiger partial charge is 0.504 e. The molecule has 144 valence electrons. The number of quaternary nitrogens is 1. The lowest BCUT2D eigenvalue weighted by atomic mass is 9.92. The van der Waals surface area contributed by atoms with E-state index in [9.17, 15) is 19.8 Å². The topological polar surface area (TPSA) is 124 Å². The van der Waals surface area contributed by atoms with Gasteiger partial charge in [-0.3, -0.25) is 4.79 Å². The van der Waals surface area contributed by atoms with Crippen LogP contribution < -0.4 is 11.1 Å². The van der Waals surface area contributed by atoms with Crippen molar-refractivity contribution < 1.29 is 30.3 Å². The Hall–Kier alpha value is -3.06. The molecule has 27 heavy (non-hydrogen) atoms. The summed E-state index contributed by atoms with van der Waals surface area (Å²) < 4.78 is 4.78. The van der Waals surface area contributed by atoms with Crippen LogP contribution in [-0.4, -0.2) is 40.8 Å². The lowest BCUT2D eigenvalue weighted by Gasteiger charge is -2.24. The summed E-state index contributed by atoms with van der Waals surface area (Å²) in [6.07, 6.45) is 0.515. The zero-order valence-corrected chi connectivity index (χ0v) is 15.4. The normalized spacial score (nSPS) is 14.0. The first kappa shape index (κ1) is 20.3. The van der Waals surface area contributed by atoms with Gasteiger partial charge in [0.05, 0.1) is 7.11 Å². The molecule has 0 spiro atoms. The first-order chi connectivity index (χ1) is 12.7. The highest BCUT2D eigenvalue weighted by atomic mass is 16.5. The molecule has 7 heteroatoms. The monoisotopic (exact) mass is 373 g/mol. The van der Waals surface area contributed by atoms with Gasteiger partial charge in [-0.15, -0.1) is 0 Å². The lowest BCUT2D eigenvalue weighted by Crippen LogP contribution is -2.78. The number of phenols is 2. The van der Waals surface area contributed by atoms with Crippen molar-refractivity contribution in [3.8, 4) is 11.5 Å². The molecule has 0 heterocycles. The maximum atomic E-state index is 12.7. The number of benzene rings is 2. The Morgan fingerprint density at radius 2 is 1.78 bits per heavy atom. The van der Waals surface area contributed by atoms with E-state index in [1.165, 1.54) is 19.2 Å². The average molecular weight is 373 g/mol. The van der Waals surface area contributed by atoms with Crippen molar-refractivity contribution >= 4 is 11.9 Å². The molecule has 6 N–H and O–H groups in total. The maximum absolute atomic E-state index is 12.7. The average Bonchev–Trinajstić information content (AvgIpc) is 2.63. The lowest BCUT2D eigenvalue weighted by molar-refractivity contribution is -0.451. The number of rotatable bonds is 7. The van der Waals surface area contributed by atoms with Gasteiger partial charge in [-0.25, -0.2) is 4.79 Å². The zero-order valence-electron chi connectivity index (χ0n) is 15.4. The predicted octanol–water partition coefficient (Wildman–Crippen LogP) is 0.541. The Bertz CT molecular complexity index is 805. The van der Waals surface area contributed by atoms with Crippen LogP contribution in [0.1, 0.15) is 18.1 Å². The van der Waals surface area contributed by atoms with Gasteiger partial charge in [-0.1, -0.05) is 36.4 Å². The molecule has 0 saturated carbocycles. The second kappa shape index (κ2) is 8.55. The van der Waals surface area contributed by atoms with Gasteiger partial charge in [0.1, 0.15) is 6.04 Å². The van der Waals surface area contributed by atoms with Crippen molar-refractivity contribution in [2.24, 2.45) is 0 Å². The molecule has 0 fully saturated rings. The number of aromatic hydroxyl groups is 2. The molecule has 0 aliphatic heterocycles. The highest BCUT2D eigenvalue weighted by Gasteiger charge is 2.36. The van der Waals surface area contributed by atoms with Crippen LogP contribution in [0.3, 0.4) is 0 Å². The van der Waals surface area contributed by atoms with Crippen LogP contribution in [0.2, 0.25) is 0 Å². The quantitative estimate of drug-likeness (QED) is 0.417. The van der Waals surface area contributed by atoms with Crippen molar-refractivity contribution in [2.75, 3.05) is 7.11 Å². The van der Waals surface area contributed by atoms with Crippen LogP contribution >= 0.6 is 0 Å². The number of carbonyl (C=O) groups is 2. The summed E-state index contributed by atoms with van der Waals surface area (Å²) in [5.41, 5.74) is 4.54. The minimum absolute atomic E-state index is 0.105. The third-order valence-corrected chi connectivity index (χ3v) is 4.26. The molecule has 0 unspecified atom stereocenters. The number of phenolic OH excluding ortho intramolecular Hbond substituents is 2. The summed E-state index contributed by atoms with van der Waals surface area (Å²) in [6.45, 7) is 1.70. The van der Waals surface area contributed by atoms with Gasteiger partial charge in [0.15, 0.2) is 17.0 Å². The minimum atomic E-state index is -0.981. The van der Waals surface area contributed by atoms with E-state index < -0.39 is 17.6 Å². The standard InChI is InChI=1S/C20H24N2O5/c1-20(21,12-13-6-4-3-5-7-13)19(26)22-15(18(25)27-2)10-14-8-9-16(23)17(24)11-14/h3-9,11,15,23-24H,10,12,21H2,1-2H3,(H,22,26)/p+1/t15-,20-/m0/s1. The van der Waals surface area contributed by atoms with Gasteiger partial charge in [0, 0.05) is 19.8 Å². The van der Waals surface area contributed by atoms with Gasteiger partial charge in [0.25, 0.3) is 5.91 Å². The highest BCUT2D eigenvalue weighted by molar-refractivity contribution is 5.89. The van der Waals surface area contributed by atoms with Gasteiger partial charge in [-0.2, -0.15) is 0 Å². The van der Waals surface area contributed by atoms with Crippen LogP contribution in [0.5, 0.6) is 11.5 Å². The highest BCUT2D eigenvalue weighted by Crippen LogP contribution is 2.25. The SMILES string of the molecule is COC(=O)[C@H](Cc1ccc(O)c(O)c1)NC(=O)[C@@](C)([NH3+])Cc1ccccc1. The van der Waals surface area contributed by atoms with Crippen molar-refractivity contribution in [1.29, 1.82) is 0 Å². The molecular formula is C20H25N2O5+. The van der Waals surface area contributed by atoms with E-state index in [0.717, 1.165) is 5.56 Å².